The van der Waals surface area contributed by atoms with Crippen LogP contribution < -0.4 is 10.6 Å². The molecule has 8 heteroatoms. The lowest BCUT2D eigenvalue weighted by atomic mass is 9.93. The maximum absolute atomic E-state index is 4.74. The van der Waals surface area contributed by atoms with Crippen molar-refractivity contribution in [2.75, 3.05) is 19.6 Å². The van der Waals surface area contributed by atoms with Crippen molar-refractivity contribution in [3.05, 3.63) is 34.5 Å². The molecule has 0 unspecified atom stereocenters. The van der Waals surface area contributed by atoms with Crippen LogP contribution in [0.1, 0.15) is 44.8 Å². The third-order valence-corrected chi connectivity index (χ3v) is 4.58. The molecule has 0 aliphatic heterocycles. The van der Waals surface area contributed by atoms with Gasteiger partial charge >= 0.3 is 0 Å². The van der Waals surface area contributed by atoms with Gasteiger partial charge < -0.3 is 10.6 Å². The number of aliphatic imine (C=N–C) groups is 1. The zero-order valence-corrected chi connectivity index (χ0v) is 19.3. The van der Waals surface area contributed by atoms with Crippen LogP contribution in [-0.2, 0) is 18.4 Å². The molecule has 0 bridgehead atoms. The number of hydrogen-bond donors (Lipinski definition) is 2. The van der Waals surface area contributed by atoms with Gasteiger partial charge in [0.1, 0.15) is 0 Å². The standard InChI is InChI=1S/C18H30N6S.HI/c1-5-19-17(20-9-6-12-24-13-7-10-22-24)21-11-8-16-23-15(14-25-16)18(2,3)4;/h7,10,13-14H,5-6,8-9,11-12H2,1-4H3,(H2,19,20,21);1H. The van der Waals surface area contributed by atoms with E-state index in [-0.39, 0.29) is 29.4 Å². The number of nitrogens with zero attached hydrogens (tertiary/aromatic N) is 4. The first kappa shape index (κ1) is 22.9. The van der Waals surface area contributed by atoms with E-state index in [1.807, 2.05) is 16.9 Å². The molecule has 2 rings (SSSR count). The molecule has 0 aliphatic carbocycles. The Morgan fingerprint density at radius 3 is 2.73 bits per heavy atom. The van der Waals surface area contributed by atoms with E-state index in [0.29, 0.717) is 0 Å². The topological polar surface area (TPSA) is 67.1 Å². The second kappa shape index (κ2) is 11.5. The fourth-order valence-electron chi connectivity index (χ4n) is 2.26. The lowest BCUT2D eigenvalue weighted by Gasteiger charge is -2.14. The van der Waals surface area contributed by atoms with Crippen LogP contribution in [-0.4, -0.2) is 40.4 Å². The van der Waals surface area contributed by atoms with Gasteiger partial charge in [0.15, 0.2) is 5.96 Å². The molecule has 0 aromatic carbocycles. The predicted molar refractivity (Wildman–Crippen MR) is 121 cm³/mol. The van der Waals surface area contributed by atoms with E-state index < -0.39 is 0 Å². The minimum Gasteiger partial charge on any atom is -0.357 e. The van der Waals surface area contributed by atoms with Crippen LogP contribution in [0, 0.1) is 0 Å². The van der Waals surface area contributed by atoms with Crippen molar-refractivity contribution < 1.29 is 0 Å². The second-order valence-corrected chi connectivity index (χ2v) is 7.88. The Balaban J connectivity index is 0.00000338. The van der Waals surface area contributed by atoms with Gasteiger partial charge in [-0.05, 0) is 19.4 Å². The number of halogens is 1. The van der Waals surface area contributed by atoms with Gasteiger partial charge in [-0.25, -0.2) is 4.98 Å². The van der Waals surface area contributed by atoms with E-state index in [0.717, 1.165) is 45.0 Å². The summed E-state index contributed by atoms with van der Waals surface area (Å²) in [5.41, 5.74) is 1.29. The van der Waals surface area contributed by atoms with Crippen LogP contribution in [0.15, 0.2) is 28.8 Å². The number of hydrogen-bond acceptors (Lipinski definition) is 4. The summed E-state index contributed by atoms with van der Waals surface area (Å²) >= 11 is 1.74. The highest BCUT2D eigenvalue weighted by Crippen LogP contribution is 2.23. The number of nitrogens with one attached hydrogen (secondary N) is 2. The Kier molecular flexibility index (Phi) is 10.1. The molecule has 0 aliphatic rings. The Labute approximate surface area is 177 Å². The van der Waals surface area contributed by atoms with E-state index in [4.69, 9.17) is 4.98 Å². The van der Waals surface area contributed by atoms with Gasteiger partial charge in [0, 0.05) is 55.8 Å². The molecule has 2 N–H and O–H groups in total. The molecule has 0 spiro atoms. The smallest absolute Gasteiger partial charge is 0.191 e. The Morgan fingerprint density at radius 1 is 1.31 bits per heavy atom. The molecule has 0 atom stereocenters. The Bertz CT molecular complexity index is 645. The first-order valence-electron chi connectivity index (χ1n) is 8.93. The molecular weight excluding hydrogens is 459 g/mol. The highest BCUT2D eigenvalue weighted by molar-refractivity contribution is 14.0. The molecule has 6 nitrogen and oxygen atoms in total. The van der Waals surface area contributed by atoms with Crippen molar-refractivity contribution in [2.45, 2.75) is 52.5 Å². The summed E-state index contributed by atoms with van der Waals surface area (Å²) in [5.74, 6) is 0.871. The quantitative estimate of drug-likeness (QED) is 0.258. The zero-order valence-electron chi connectivity index (χ0n) is 16.2. The third-order valence-electron chi connectivity index (χ3n) is 3.67. The first-order chi connectivity index (χ1) is 12.0. The SMILES string of the molecule is CCNC(=NCCCn1cccn1)NCCc1nc(C(C)(C)C)cs1.I. The molecule has 0 saturated carbocycles. The van der Waals surface area contributed by atoms with Gasteiger partial charge in [0.2, 0.25) is 0 Å². The summed E-state index contributed by atoms with van der Waals surface area (Å²) < 4.78 is 1.94. The normalized spacial score (nSPS) is 11.9. The maximum Gasteiger partial charge on any atom is 0.191 e. The lowest BCUT2D eigenvalue weighted by Crippen LogP contribution is -2.38. The highest BCUT2D eigenvalue weighted by Gasteiger charge is 2.17. The van der Waals surface area contributed by atoms with E-state index >= 15 is 0 Å². The van der Waals surface area contributed by atoms with Crippen molar-refractivity contribution in [1.29, 1.82) is 0 Å². The van der Waals surface area contributed by atoms with E-state index in [9.17, 15) is 0 Å². The average molecular weight is 490 g/mol. The van der Waals surface area contributed by atoms with E-state index in [1.54, 1.807) is 17.5 Å². The van der Waals surface area contributed by atoms with Gasteiger partial charge in [0.25, 0.3) is 0 Å². The Hall–Kier alpha value is -1.16. The number of thiazole rings is 1. The molecule has 0 saturated heterocycles. The molecule has 2 aromatic heterocycles. The molecule has 2 aromatic rings. The van der Waals surface area contributed by atoms with Gasteiger partial charge in [-0.1, -0.05) is 20.8 Å². The lowest BCUT2D eigenvalue weighted by molar-refractivity contribution is 0.570. The molecule has 146 valence electrons. The summed E-state index contributed by atoms with van der Waals surface area (Å²) in [4.78, 5) is 9.36. The van der Waals surface area contributed by atoms with Crippen LogP contribution in [0.2, 0.25) is 0 Å². The molecule has 0 radical (unpaired) electrons. The number of guanidine groups is 1. The van der Waals surface area contributed by atoms with Crippen molar-refractivity contribution in [2.24, 2.45) is 4.99 Å². The zero-order chi connectivity index (χ0) is 18.1. The number of rotatable bonds is 8. The van der Waals surface area contributed by atoms with E-state index in [2.05, 4.69) is 53.8 Å². The number of aromatic nitrogens is 3. The third kappa shape index (κ3) is 8.03. The summed E-state index contributed by atoms with van der Waals surface area (Å²) in [7, 11) is 0. The maximum atomic E-state index is 4.74. The summed E-state index contributed by atoms with van der Waals surface area (Å²) in [6.45, 7) is 12.0. The first-order valence-corrected chi connectivity index (χ1v) is 9.81. The van der Waals surface area contributed by atoms with Crippen LogP contribution in [0.3, 0.4) is 0 Å². The molecular formula is C18H31IN6S. The Morgan fingerprint density at radius 2 is 2.12 bits per heavy atom. The number of aryl methyl sites for hydroxylation is 1. The van der Waals surface area contributed by atoms with Crippen molar-refractivity contribution >= 4 is 41.3 Å². The van der Waals surface area contributed by atoms with Crippen LogP contribution in [0.4, 0.5) is 0 Å². The molecule has 0 amide bonds. The van der Waals surface area contributed by atoms with E-state index in [1.165, 1.54) is 10.7 Å². The fourth-order valence-corrected chi connectivity index (χ4v) is 3.28. The van der Waals surface area contributed by atoms with Crippen molar-refractivity contribution in [3.63, 3.8) is 0 Å². The second-order valence-electron chi connectivity index (χ2n) is 6.94. The highest BCUT2D eigenvalue weighted by atomic mass is 127. The van der Waals surface area contributed by atoms with Crippen molar-refractivity contribution in [1.82, 2.24) is 25.4 Å². The van der Waals surface area contributed by atoms with Gasteiger partial charge in [-0.3, -0.25) is 9.67 Å². The summed E-state index contributed by atoms with van der Waals surface area (Å²) in [6, 6.07) is 1.94. The average Bonchev–Trinajstić information content (AvgIpc) is 3.22. The molecule has 2 heterocycles. The van der Waals surface area contributed by atoms with Crippen LogP contribution in [0.5, 0.6) is 0 Å². The predicted octanol–water partition coefficient (Wildman–Crippen LogP) is 3.44. The van der Waals surface area contributed by atoms with Crippen molar-refractivity contribution in [3.8, 4) is 0 Å². The molecule has 0 fully saturated rings. The minimum atomic E-state index is 0. The van der Waals surface area contributed by atoms with Gasteiger partial charge in [-0.15, -0.1) is 35.3 Å². The van der Waals surface area contributed by atoms with Crippen LogP contribution >= 0.6 is 35.3 Å². The summed E-state index contributed by atoms with van der Waals surface area (Å²) in [5, 5.41) is 14.2. The van der Waals surface area contributed by atoms with Gasteiger partial charge in [-0.2, -0.15) is 5.10 Å². The molecule has 26 heavy (non-hydrogen) atoms. The minimum absolute atomic E-state index is 0. The largest absolute Gasteiger partial charge is 0.357 e. The van der Waals surface area contributed by atoms with Gasteiger partial charge in [0.05, 0.1) is 10.7 Å². The fraction of sp³-hybridized carbons (Fsp3) is 0.611. The summed E-state index contributed by atoms with van der Waals surface area (Å²) in [6.07, 6.45) is 5.67. The monoisotopic (exact) mass is 490 g/mol. The van der Waals surface area contributed by atoms with Crippen LogP contribution in [0.25, 0.3) is 0 Å².